The first kappa shape index (κ1) is 10.6. The van der Waals surface area contributed by atoms with Crippen molar-refractivity contribution in [3.63, 3.8) is 0 Å². The van der Waals surface area contributed by atoms with Gasteiger partial charge in [0.15, 0.2) is 0 Å². The summed E-state index contributed by atoms with van der Waals surface area (Å²) in [5, 5.41) is 23.3. The standard InChI is InChI=1S/C11H12N2O3/c1-13-8-5-3-2-4-7(8)11(12-13)9(14)6-10(15)16/h2-5,9,14H,6H2,1H3,(H,15,16). The fourth-order valence-electron chi connectivity index (χ4n) is 1.75. The Balaban J connectivity index is 2.48. The molecule has 0 aliphatic rings. The maximum Gasteiger partial charge on any atom is 0.306 e. The summed E-state index contributed by atoms with van der Waals surface area (Å²) in [6, 6.07) is 7.40. The average Bonchev–Trinajstić information content (AvgIpc) is 2.56. The Morgan fingerprint density at radius 2 is 2.19 bits per heavy atom. The number of aromatic nitrogens is 2. The van der Waals surface area contributed by atoms with Gasteiger partial charge in [-0.1, -0.05) is 18.2 Å². The lowest BCUT2D eigenvalue weighted by Crippen LogP contribution is -2.06. The van der Waals surface area contributed by atoms with Gasteiger partial charge in [-0.25, -0.2) is 0 Å². The van der Waals surface area contributed by atoms with Crippen LogP contribution in [0.5, 0.6) is 0 Å². The normalized spacial score (nSPS) is 12.9. The maximum absolute atomic E-state index is 10.5. The van der Waals surface area contributed by atoms with E-state index < -0.39 is 12.1 Å². The number of rotatable bonds is 3. The number of carboxylic acids is 1. The van der Waals surface area contributed by atoms with Gasteiger partial charge >= 0.3 is 5.97 Å². The zero-order valence-corrected chi connectivity index (χ0v) is 8.79. The minimum Gasteiger partial charge on any atom is -0.481 e. The van der Waals surface area contributed by atoms with Crippen molar-refractivity contribution in [2.75, 3.05) is 0 Å². The Bertz CT molecular complexity index is 533. The molecule has 84 valence electrons. The fraction of sp³-hybridized carbons (Fsp3) is 0.273. The average molecular weight is 220 g/mol. The predicted molar refractivity (Wildman–Crippen MR) is 57.9 cm³/mol. The Morgan fingerprint density at radius 3 is 2.88 bits per heavy atom. The molecule has 0 saturated carbocycles. The van der Waals surface area contributed by atoms with Crippen LogP contribution in [0.15, 0.2) is 24.3 Å². The minimum atomic E-state index is -1.07. The van der Waals surface area contributed by atoms with Gasteiger partial charge in [-0.3, -0.25) is 9.48 Å². The summed E-state index contributed by atoms with van der Waals surface area (Å²) in [6.45, 7) is 0. The highest BCUT2D eigenvalue weighted by molar-refractivity contribution is 5.82. The molecule has 5 heteroatoms. The van der Waals surface area contributed by atoms with E-state index in [1.165, 1.54) is 0 Å². The highest BCUT2D eigenvalue weighted by Crippen LogP contribution is 2.24. The van der Waals surface area contributed by atoms with Crippen molar-refractivity contribution in [2.45, 2.75) is 12.5 Å². The van der Waals surface area contributed by atoms with E-state index in [1.54, 1.807) is 11.7 Å². The minimum absolute atomic E-state index is 0.332. The van der Waals surface area contributed by atoms with Gasteiger partial charge in [-0.15, -0.1) is 0 Å². The Morgan fingerprint density at radius 1 is 1.50 bits per heavy atom. The second kappa shape index (κ2) is 3.94. The van der Waals surface area contributed by atoms with Gasteiger partial charge in [-0.05, 0) is 6.07 Å². The number of nitrogens with zero attached hydrogens (tertiary/aromatic N) is 2. The van der Waals surface area contributed by atoms with E-state index in [4.69, 9.17) is 5.11 Å². The molecule has 0 amide bonds. The van der Waals surface area contributed by atoms with E-state index in [2.05, 4.69) is 5.10 Å². The van der Waals surface area contributed by atoms with Crippen molar-refractivity contribution >= 4 is 16.9 Å². The lowest BCUT2D eigenvalue weighted by atomic mass is 10.1. The van der Waals surface area contributed by atoms with E-state index in [9.17, 15) is 9.90 Å². The Labute approximate surface area is 91.9 Å². The van der Waals surface area contributed by atoms with Crippen LogP contribution in [0.3, 0.4) is 0 Å². The number of benzene rings is 1. The summed E-state index contributed by atoms with van der Waals surface area (Å²) in [7, 11) is 1.76. The summed E-state index contributed by atoms with van der Waals surface area (Å²) in [5.74, 6) is -1.04. The van der Waals surface area contributed by atoms with Crippen molar-refractivity contribution in [1.82, 2.24) is 9.78 Å². The molecule has 0 aliphatic carbocycles. The van der Waals surface area contributed by atoms with E-state index in [0.717, 1.165) is 10.9 Å². The van der Waals surface area contributed by atoms with E-state index in [0.29, 0.717) is 5.69 Å². The second-order valence-corrected chi connectivity index (χ2v) is 3.64. The third-order valence-electron chi connectivity index (χ3n) is 2.47. The molecular weight excluding hydrogens is 208 g/mol. The highest BCUT2D eigenvalue weighted by atomic mass is 16.4. The zero-order valence-electron chi connectivity index (χ0n) is 8.79. The number of aliphatic hydroxyl groups excluding tert-OH is 1. The van der Waals surface area contributed by atoms with Crippen LogP contribution in [-0.4, -0.2) is 26.0 Å². The molecule has 0 bridgehead atoms. The predicted octanol–water partition coefficient (Wildman–Crippen LogP) is 1.08. The first-order chi connectivity index (χ1) is 7.59. The molecule has 2 N–H and O–H groups in total. The topological polar surface area (TPSA) is 75.3 Å². The number of aliphatic hydroxyl groups is 1. The van der Waals surface area contributed by atoms with Gasteiger partial charge in [0.05, 0.1) is 17.6 Å². The highest BCUT2D eigenvalue weighted by Gasteiger charge is 2.18. The zero-order chi connectivity index (χ0) is 11.7. The van der Waals surface area contributed by atoms with Crippen LogP contribution >= 0.6 is 0 Å². The van der Waals surface area contributed by atoms with Gasteiger partial charge in [-0.2, -0.15) is 5.10 Å². The molecular formula is C11H12N2O3. The molecule has 1 heterocycles. The van der Waals surface area contributed by atoms with Crippen LogP contribution in [0.1, 0.15) is 18.2 Å². The largest absolute Gasteiger partial charge is 0.481 e. The smallest absolute Gasteiger partial charge is 0.306 e. The number of aliphatic carboxylic acids is 1. The van der Waals surface area contributed by atoms with Crippen LogP contribution < -0.4 is 0 Å². The lowest BCUT2D eigenvalue weighted by Gasteiger charge is -2.04. The van der Waals surface area contributed by atoms with Gasteiger partial charge < -0.3 is 10.2 Å². The molecule has 1 atom stereocenters. The molecule has 1 aromatic carbocycles. The Hall–Kier alpha value is -1.88. The lowest BCUT2D eigenvalue weighted by molar-refractivity contribution is -0.139. The summed E-state index contributed by atoms with van der Waals surface area (Å²) < 4.78 is 1.63. The molecule has 0 radical (unpaired) electrons. The van der Waals surface area contributed by atoms with Gasteiger partial charge in [0.2, 0.25) is 0 Å². The van der Waals surface area contributed by atoms with Crippen molar-refractivity contribution in [1.29, 1.82) is 0 Å². The summed E-state index contributed by atoms with van der Waals surface area (Å²) in [6.07, 6.45) is -1.40. The number of fused-ring (bicyclic) bond motifs is 1. The molecule has 2 aromatic rings. The Kier molecular flexibility index (Phi) is 2.62. The van der Waals surface area contributed by atoms with E-state index >= 15 is 0 Å². The molecule has 2 rings (SSSR count). The number of hydrogen-bond acceptors (Lipinski definition) is 3. The number of hydrogen-bond donors (Lipinski definition) is 2. The number of para-hydroxylation sites is 1. The molecule has 1 unspecified atom stereocenters. The number of carbonyl (C=O) groups is 1. The van der Waals surface area contributed by atoms with Crippen LogP contribution in [-0.2, 0) is 11.8 Å². The van der Waals surface area contributed by atoms with Crippen molar-refractivity contribution in [3.8, 4) is 0 Å². The molecule has 16 heavy (non-hydrogen) atoms. The first-order valence-corrected chi connectivity index (χ1v) is 4.91. The van der Waals surface area contributed by atoms with Crippen LogP contribution in [0, 0.1) is 0 Å². The summed E-state index contributed by atoms with van der Waals surface area (Å²) in [5.41, 5.74) is 1.29. The maximum atomic E-state index is 10.5. The van der Waals surface area contributed by atoms with Gasteiger partial charge in [0.25, 0.3) is 0 Å². The molecule has 0 aliphatic heterocycles. The van der Waals surface area contributed by atoms with Gasteiger partial charge in [0, 0.05) is 12.4 Å². The van der Waals surface area contributed by atoms with Gasteiger partial charge in [0.1, 0.15) is 6.10 Å². The number of aryl methyl sites for hydroxylation is 1. The molecule has 0 spiro atoms. The summed E-state index contributed by atoms with van der Waals surface area (Å²) >= 11 is 0. The van der Waals surface area contributed by atoms with E-state index in [1.807, 2.05) is 24.3 Å². The van der Waals surface area contributed by atoms with Crippen molar-refractivity contribution in [3.05, 3.63) is 30.0 Å². The fourth-order valence-corrected chi connectivity index (χ4v) is 1.75. The molecule has 0 fully saturated rings. The quantitative estimate of drug-likeness (QED) is 0.811. The SMILES string of the molecule is Cn1nc(C(O)CC(=O)O)c2ccccc21. The van der Waals surface area contributed by atoms with Crippen LogP contribution in [0.4, 0.5) is 0 Å². The van der Waals surface area contributed by atoms with Crippen molar-refractivity contribution < 1.29 is 15.0 Å². The molecule has 5 nitrogen and oxygen atoms in total. The van der Waals surface area contributed by atoms with Crippen LogP contribution in [0.25, 0.3) is 10.9 Å². The third-order valence-corrected chi connectivity index (χ3v) is 2.47. The number of carboxylic acid groups (broad SMARTS) is 1. The van der Waals surface area contributed by atoms with E-state index in [-0.39, 0.29) is 6.42 Å². The monoisotopic (exact) mass is 220 g/mol. The second-order valence-electron chi connectivity index (χ2n) is 3.64. The molecule has 1 aromatic heterocycles. The van der Waals surface area contributed by atoms with Crippen molar-refractivity contribution in [2.24, 2.45) is 7.05 Å². The first-order valence-electron chi connectivity index (χ1n) is 4.91. The van der Waals surface area contributed by atoms with Crippen LogP contribution in [0.2, 0.25) is 0 Å². The summed E-state index contributed by atoms with van der Waals surface area (Å²) in [4.78, 5) is 10.5. The third kappa shape index (κ3) is 1.77. The molecule has 0 saturated heterocycles.